The molecule has 0 saturated heterocycles. The molecule has 0 atom stereocenters. The van der Waals surface area contributed by atoms with Crippen molar-refractivity contribution in [3.05, 3.63) is 57.5 Å². The van der Waals surface area contributed by atoms with Crippen LogP contribution in [0, 0.1) is 6.42 Å². The number of halogens is 6. The molecule has 0 aromatic heterocycles. The molecule has 0 unspecified atom stereocenters. The molecular weight excluding hydrogens is 692 g/mol. The summed E-state index contributed by atoms with van der Waals surface area (Å²) in [4.78, 5) is 0. The Bertz CT molecular complexity index is 614. The lowest BCUT2D eigenvalue weighted by atomic mass is 10.3. The first-order valence-corrected chi connectivity index (χ1v) is 11.0. The molecule has 0 amide bonds. The van der Waals surface area contributed by atoms with Gasteiger partial charge in [-0.25, -0.2) is 0 Å². The van der Waals surface area contributed by atoms with Gasteiger partial charge in [-0.3, -0.25) is 0 Å². The molecule has 2 aromatic carbocycles. The minimum absolute atomic E-state index is 0.558. The standard InChI is InChI=1S/C15H9Br6O2/c1-2-13(22-14-9(18)3-7(16)4-10(14)19)23-15-11(20)5-8(17)6-12(15)21/h2-6,13H,1H3. The molecule has 2 nitrogen and oxygen atoms in total. The molecule has 2 rings (SSSR count). The molecule has 23 heavy (non-hydrogen) atoms. The van der Waals surface area contributed by atoms with E-state index in [0.717, 1.165) is 26.8 Å². The van der Waals surface area contributed by atoms with Gasteiger partial charge < -0.3 is 9.47 Å². The molecule has 0 aliphatic heterocycles. The number of hydrogen-bond donors (Lipinski definition) is 0. The van der Waals surface area contributed by atoms with Gasteiger partial charge in [0, 0.05) is 15.4 Å². The second kappa shape index (κ2) is 9.03. The third kappa shape index (κ3) is 5.45. The Hall–Kier alpha value is 0.920. The molecule has 0 aliphatic carbocycles. The summed E-state index contributed by atoms with van der Waals surface area (Å²) in [6, 6.07) is 7.66. The summed E-state index contributed by atoms with van der Waals surface area (Å²) in [5.41, 5.74) is 0. The first-order chi connectivity index (χ1) is 10.8. The highest BCUT2D eigenvalue weighted by Crippen LogP contribution is 2.40. The highest BCUT2D eigenvalue weighted by molar-refractivity contribution is 9.12. The zero-order valence-corrected chi connectivity index (χ0v) is 21.1. The van der Waals surface area contributed by atoms with E-state index >= 15 is 0 Å². The fourth-order valence-electron chi connectivity index (χ4n) is 1.68. The number of hydrogen-bond acceptors (Lipinski definition) is 2. The quantitative estimate of drug-likeness (QED) is 0.293. The Morgan fingerprint density at radius 3 is 1.26 bits per heavy atom. The molecule has 0 N–H and O–H groups in total. The van der Waals surface area contributed by atoms with Crippen LogP contribution in [0.3, 0.4) is 0 Å². The van der Waals surface area contributed by atoms with Gasteiger partial charge in [-0.15, -0.1) is 0 Å². The minimum Gasteiger partial charge on any atom is -0.452 e. The highest BCUT2D eigenvalue weighted by atomic mass is 79.9. The van der Waals surface area contributed by atoms with E-state index in [9.17, 15) is 0 Å². The van der Waals surface area contributed by atoms with Gasteiger partial charge in [0.2, 0.25) is 6.29 Å². The number of ether oxygens (including phenoxy) is 2. The van der Waals surface area contributed by atoms with Crippen LogP contribution < -0.4 is 9.47 Å². The van der Waals surface area contributed by atoms with Crippen molar-refractivity contribution in [3.8, 4) is 11.5 Å². The normalized spacial score (nSPS) is 11.0. The minimum atomic E-state index is -0.558. The van der Waals surface area contributed by atoms with Crippen molar-refractivity contribution in [2.24, 2.45) is 0 Å². The van der Waals surface area contributed by atoms with Crippen LogP contribution in [0.25, 0.3) is 0 Å². The van der Waals surface area contributed by atoms with E-state index in [1.807, 2.05) is 37.6 Å². The van der Waals surface area contributed by atoms with Crippen LogP contribution in [0.15, 0.2) is 51.1 Å². The molecule has 0 spiro atoms. The lowest BCUT2D eigenvalue weighted by Gasteiger charge is -2.22. The zero-order chi connectivity index (χ0) is 17.1. The van der Waals surface area contributed by atoms with Crippen molar-refractivity contribution in [1.82, 2.24) is 0 Å². The third-order valence-corrected chi connectivity index (χ3v) is 5.94. The van der Waals surface area contributed by atoms with E-state index in [4.69, 9.17) is 9.47 Å². The summed E-state index contributed by atoms with van der Waals surface area (Å²) < 4.78 is 17.1. The molecule has 2 aromatic rings. The van der Waals surface area contributed by atoms with Gasteiger partial charge in [0.25, 0.3) is 0 Å². The van der Waals surface area contributed by atoms with Gasteiger partial charge in [-0.1, -0.05) is 38.8 Å². The molecular formula is C15H9Br6O2. The Morgan fingerprint density at radius 2 is 1.00 bits per heavy atom. The van der Waals surface area contributed by atoms with E-state index in [1.54, 1.807) is 0 Å². The van der Waals surface area contributed by atoms with E-state index in [0.29, 0.717) is 11.5 Å². The van der Waals surface area contributed by atoms with Crippen molar-refractivity contribution in [2.75, 3.05) is 0 Å². The second-order valence-electron chi connectivity index (χ2n) is 4.33. The molecule has 0 aliphatic rings. The van der Waals surface area contributed by atoms with E-state index in [-0.39, 0.29) is 0 Å². The lowest BCUT2D eigenvalue weighted by molar-refractivity contribution is 0.0314. The van der Waals surface area contributed by atoms with Crippen molar-refractivity contribution in [2.45, 2.75) is 13.2 Å². The van der Waals surface area contributed by atoms with Gasteiger partial charge in [-0.05, 0) is 88.0 Å². The van der Waals surface area contributed by atoms with Crippen molar-refractivity contribution < 1.29 is 9.47 Å². The average Bonchev–Trinajstić information content (AvgIpc) is 2.44. The summed E-state index contributed by atoms with van der Waals surface area (Å²) in [6.45, 7) is 1.88. The maximum atomic E-state index is 5.98. The predicted octanol–water partition coefficient (Wildman–Crippen LogP) is 8.27. The molecule has 123 valence electrons. The molecule has 1 radical (unpaired) electrons. The van der Waals surface area contributed by atoms with Crippen molar-refractivity contribution in [1.29, 1.82) is 0 Å². The van der Waals surface area contributed by atoms with Crippen LogP contribution in [0.4, 0.5) is 0 Å². The van der Waals surface area contributed by atoms with Crippen LogP contribution in [-0.2, 0) is 0 Å². The van der Waals surface area contributed by atoms with Crippen LogP contribution in [0.5, 0.6) is 11.5 Å². The van der Waals surface area contributed by atoms with Crippen LogP contribution in [0.1, 0.15) is 6.92 Å². The van der Waals surface area contributed by atoms with E-state index in [1.165, 1.54) is 0 Å². The fourth-order valence-corrected chi connectivity index (χ4v) is 6.57. The van der Waals surface area contributed by atoms with Gasteiger partial charge in [-0.2, -0.15) is 0 Å². The maximum absolute atomic E-state index is 5.98. The SMILES string of the molecule is C[CH]C(Oc1c(Br)cc(Br)cc1Br)Oc1c(Br)cc(Br)cc1Br. The summed E-state index contributed by atoms with van der Waals surface area (Å²) in [5, 5.41) is 0. The fraction of sp³-hybridized carbons (Fsp3) is 0.133. The number of benzene rings is 2. The highest BCUT2D eigenvalue weighted by Gasteiger charge is 2.18. The second-order valence-corrected chi connectivity index (χ2v) is 9.58. The topological polar surface area (TPSA) is 18.5 Å². The Labute approximate surface area is 185 Å². The Morgan fingerprint density at radius 1 is 0.696 bits per heavy atom. The predicted molar refractivity (Wildman–Crippen MR) is 114 cm³/mol. The van der Waals surface area contributed by atoms with Crippen LogP contribution >= 0.6 is 95.6 Å². The summed E-state index contributed by atoms with van der Waals surface area (Å²) in [7, 11) is 0. The summed E-state index contributed by atoms with van der Waals surface area (Å²) in [5.74, 6) is 1.33. The van der Waals surface area contributed by atoms with Gasteiger partial charge in [0.15, 0.2) is 11.5 Å². The van der Waals surface area contributed by atoms with Gasteiger partial charge >= 0.3 is 0 Å². The molecule has 0 fully saturated rings. The van der Waals surface area contributed by atoms with Crippen LogP contribution in [0.2, 0.25) is 0 Å². The van der Waals surface area contributed by atoms with Gasteiger partial charge in [0.1, 0.15) is 0 Å². The zero-order valence-electron chi connectivity index (χ0n) is 11.5. The van der Waals surface area contributed by atoms with Crippen molar-refractivity contribution >= 4 is 95.6 Å². The van der Waals surface area contributed by atoms with E-state index < -0.39 is 6.29 Å². The largest absolute Gasteiger partial charge is 0.452 e. The summed E-state index contributed by atoms with van der Waals surface area (Å²) >= 11 is 20.9. The number of rotatable bonds is 5. The average molecular weight is 701 g/mol. The third-order valence-electron chi connectivity index (χ3n) is 2.67. The first-order valence-electron chi connectivity index (χ1n) is 6.23. The maximum Gasteiger partial charge on any atom is 0.244 e. The first kappa shape index (κ1) is 20.2. The summed E-state index contributed by atoms with van der Waals surface area (Å²) in [6.07, 6.45) is 1.28. The monoisotopic (exact) mass is 695 g/mol. The Kier molecular flexibility index (Phi) is 7.95. The van der Waals surface area contributed by atoms with Crippen LogP contribution in [-0.4, -0.2) is 6.29 Å². The van der Waals surface area contributed by atoms with Crippen molar-refractivity contribution in [3.63, 3.8) is 0 Å². The molecule has 0 heterocycles. The van der Waals surface area contributed by atoms with Gasteiger partial charge in [0.05, 0.1) is 17.9 Å². The molecule has 0 bridgehead atoms. The Balaban J connectivity index is 2.26. The molecule has 0 saturated carbocycles. The van der Waals surface area contributed by atoms with E-state index in [2.05, 4.69) is 95.6 Å². The smallest absolute Gasteiger partial charge is 0.244 e. The molecule has 8 heteroatoms. The lowest BCUT2D eigenvalue weighted by Crippen LogP contribution is -2.24.